The van der Waals surface area contributed by atoms with Gasteiger partial charge in [-0.25, -0.2) is 0 Å². The fourth-order valence-electron chi connectivity index (χ4n) is 1.80. The lowest BCUT2D eigenvalue weighted by molar-refractivity contribution is -0.388. The van der Waals surface area contributed by atoms with Crippen LogP contribution in [0.3, 0.4) is 0 Å². The topological polar surface area (TPSA) is 87.9 Å². The Kier molecular flexibility index (Phi) is 6.26. The summed E-state index contributed by atoms with van der Waals surface area (Å²) >= 11 is 0. The van der Waals surface area contributed by atoms with Gasteiger partial charge in [0.2, 0.25) is 5.82 Å². The molecule has 0 unspecified atom stereocenters. The van der Waals surface area contributed by atoms with Gasteiger partial charge in [-0.05, 0) is 31.5 Å². The van der Waals surface area contributed by atoms with E-state index in [1.54, 1.807) is 13.8 Å². The van der Waals surface area contributed by atoms with E-state index in [0.29, 0.717) is 0 Å². The molecule has 0 saturated carbocycles. The molecular formula is C12H17FNO6P. The van der Waals surface area contributed by atoms with Crippen LogP contribution in [-0.2, 0) is 19.8 Å². The molecule has 0 spiro atoms. The molecule has 0 aliphatic rings. The molecule has 0 aliphatic carbocycles. The summed E-state index contributed by atoms with van der Waals surface area (Å²) < 4.78 is 41.2. The minimum Gasteiger partial charge on any atom is -0.490 e. The fraction of sp³-hybridized carbons (Fsp3) is 0.500. The third kappa shape index (κ3) is 4.49. The van der Waals surface area contributed by atoms with Gasteiger partial charge in [0.25, 0.3) is 0 Å². The molecule has 21 heavy (non-hydrogen) atoms. The third-order valence-electron chi connectivity index (χ3n) is 2.52. The van der Waals surface area contributed by atoms with Gasteiger partial charge >= 0.3 is 13.3 Å². The van der Waals surface area contributed by atoms with E-state index in [-0.39, 0.29) is 30.7 Å². The zero-order chi connectivity index (χ0) is 16.0. The maximum absolute atomic E-state index is 13.8. The third-order valence-corrected chi connectivity index (χ3v) is 4.57. The zero-order valence-corrected chi connectivity index (χ0v) is 12.9. The Labute approximate surface area is 121 Å². The zero-order valence-electron chi connectivity index (χ0n) is 12.0. The van der Waals surface area contributed by atoms with Crippen molar-refractivity contribution in [1.82, 2.24) is 0 Å². The van der Waals surface area contributed by atoms with E-state index in [9.17, 15) is 19.1 Å². The molecule has 0 saturated heterocycles. The molecular weight excluding hydrogens is 304 g/mol. The first-order valence-corrected chi connectivity index (χ1v) is 7.98. The number of ether oxygens (including phenoxy) is 1. The van der Waals surface area contributed by atoms with Gasteiger partial charge in [-0.1, -0.05) is 0 Å². The van der Waals surface area contributed by atoms with Crippen molar-refractivity contribution in [2.24, 2.45) is 0 Å². The predicted molar refractivity (Wildman–Crippen MR) is 74.2 cm³/mol. The van der Waals surface area contributed by atoms with E-state index < -0.39 is 24.0 Å². The number of benzene rings is 1. The Balaban J connectivity index is 3.17. The largest absolute Gasteiger partial charge is 0.490 e. The van der Waals surface area contributed by atoms with Crippen molar-refractivity contribution in [1.29, 1.82) is 0 Å². The lowest BCUT2D eigenvalue weighted by Gasteiger charge is -2.17. The Bertz CT molecular complexity index is 555. The lowest BCUT2D eigenvalue weighted by atomic mass is 10.2. The van der Waals surface area contributed by atoms with Crippen LogP contribution < -0.4 is 4.74 Å². The van der Waals surface area contributed by atoms with E-state index in [0.717, 1.165) is 6.07 Å². The SMILES string of the molecule is CCOP(=O)(Cc1cc(F)c([N+](=O)[O-])c(OC)c1)OCC. The Hall–Kier alpha value is -1.50. The smallest absolute Gasteiger partial charge is 0.346 e. The second-order valence-electron chi connectivity index (χ2n) is 3.99. The van der Waals surface area contributed by atoms with Gasteiger partial charge < -0.3 is 13.8 Å². The van der Waals surface area contributed by atoms with Crippen LogP contribution in [0, 0.1) is 15.9 Å². The van der Waals surface area contributed by atoms with E-state index in [4.69, 9.17) is 13.8 Å². The van der Waals surface area contributed by atoms with E-state index in [1.165, 1.54) is 13.2 Å². The molecule has 118 valence electrons. The standard InChI is InChI=1S/C12H17FNO6P/c1-4-19-21(17,20-5-2)8-9-6-10(13)12(14(15)16)11(7-9)18-3/h6-7H,4-5,8H2,1-3H3. The summed E-state index contributed by atoms with van der Waals surface area (Å²) in [4.78, 5) is 9.91. The van der Waals surface area contributed by atoms with Crippen LogP contribution in [0.15, 0.2) is 12.1 Å². The molecule has 0 amide bonds. The van der Waals surface area contributed by atoms with Crippen LogP contribution in [0.2, 0.25) is 0 Å². The molecule has 0 fully saturated rings. The summed E-state index contributed by atoms with van der Waals surface area (Å²) in [5, 5.41) is 10.8. The summed E-state index contributed by atoms with van der Waals surface area (Å²) in [6.07, 6.45) is -0.194. The van der Waals surface area contributed by atoms with Crippen LogP contribution in [0.25, 0.3) is 0 Å². The minimum absolute atomic E-state index is 0.171. The highest BCUT2D eigenvalue weighted by molar-refractivity contribution is 7.53. The monoisotopic (exact) mass is 321 g/mol. The number of hydrogen-bond donors (Lipinski definition) is 0. The van der Waals surface area contributed by atoms with Crippen molar-refractivity contribution < 1.29 is 27.7 Å². The number of halogens is 1. The highest BCUT2D eigenvalue weighted by Gasteiger charge is 2.28. The molecule has 1 rings (SSSR count). The van der Waals surface area contributed by atoms with Crippen molar-refractivity contribution in [3.8, 4) is 5.75 Å². The molecule has 0 heterocycles. The predicted octanol–water partition coefficient (Wildman–Crippen LogP) is 3.51. The van der Waals surface area contributed by atoms with Crippen molar-refractivity contribution in [2.45, 2.75) is 20.0 Å². The quantitative estimate of drug-likeness (QED) is 0.413. The maximum atomic E-state index is 13.8. The van der Waals surface area contributed by atoms with Crippen LogP contribution in [-0.4, -0.2) is 25.2 Å². The number of rotatable bonds is 8. The Morgan fingerprint density at radius 3 is 2.29 bits per heavy atom. The molecule has 0 aromatic heterocycles. The maximum Gasteiger partial charge on any atom is 0.346 e. The van der Waals surface area contributed by atoms with Crippen LogP contribution >= 0.6 is 7.60 Å². The summed E-state index contributed by atoms with van der Waals surface area (Å²) in [6.45, 7) is 3.65. The highest BCUT2D eigenvalue weighted by atomic mass is 31.2. The Morgan fingerprint density at radius 2 is 1.86 bits per heavy atom. The van der Waals surface area contributed by atoms with Gasteiger partial charge in [0, 0.05) is 0 Å². The number of nitro benzene ring substituents is 1. The number of hydrogen-bond acceptors (Lipinski definition) is 6. The first-order chi connectivity index (χ1) is 9.86. The molecule has 1 aromatic rings. The summed E-state index contributed by atoms with van der Waals surface area (Å²) in [6, 6.07) is 2.19. The second-order valence-corrected chi connectivity index (χ2v) is 6.04. The van der Waals surface area contributed by atoms with Gasteiger partial charge in [-0.3, -0.25) is 14.7 Å². The molecule has 1 aromatic carbocycles. The van der Waals surface area contributed by atoms with Crippen LogP contribution in [0.4, 0.5) is 10.1 Å². The van der Waals surface area contributed by atoms with Gasteiger partial charge in [0.15, 0.2) is 5.75 Å². The molecule has 0 bridgehead atoms. The van der Waals surface area contributed by atoms with Crippen LogP contribution in [0.5, 0.6) is 5.75 Å². The minimum atomic E-state index is -3.42. The van der Waals surface area contributed by atoms with E-state index >= 15 is 0 Å². The van der Waals surface area contributed by atoms with Crippen LogP contribution in [0.1, 0.15) is 19.4 Å². The number of nitrogens with zero attached hydrogens (tertiary/aromatic N) is 1. The summed E-state index contributed by atoms with van der Waals surface area (Å²) in [5.74, 6) is -1.30. The first-order valence-electron chi connectivity index (χ1n) is 6.25. The summed E-state index contributed by atoms with van der Waals surface area (Å²) in [5.41, 5.74) is -0.524. The second kappa shape index (κ2) is 7.49. The highest BCUT2D eigenvalue weighted by Crippen LogP contribution is 2.52. The van der Waals surface area contributed by atoms with Gasteiger partial charge in [-0.2, -0.15) is 4.39 Å². The number of nitro groups is 1. The lowest BCUT2D eigenvalue weighted by Crippen LogP contribution is -2.02. The molecule has 9 heteroatoms. The average Bonchev–Trinajstić information content (AvgIpc) is 2.37. The van der Waals surface area contributed by atoms with Crippen molar-refractivity contribution in [2.75, 3.05) is 20.3 Å². The Morgan fingerprint density at radius 1 is 1.29 bits per heavy atom. The fourth-order valence-corrected chi connectivity index (χ4v) is 3.47. The average molecular weight is 321 g/mol. The first kappa shape index (κ1) is 17.6. The molecule has 0 atom stereocenters. The van der Waals surface area contributed by atoms with Gasteiger partial charge in [-0.15, -0.1) is 0 Å². The van der Waals surface area contributed by atoms with Gasteiger partial charge in [0.05, 0.1) is 31.4 Å². The van der Waals surface area contributed by atoms with Crippen molar-refractivity contribution >= 4 is 13.3 Å². The van der Waals surface area contributed by atoms with Gasteiger partial charge in [0.1, 0.15) is 0 Å². The number of methoxy groups -OCH3 is 1. The molecule has 0 radical (unpaired) electrons. The van der Waals surface area contributed by atoms with Crippen molar-refractivity contribution in [3.63, 3.8) is 0 Å². The molecule has 0 aliphatic heterocycles. The van der Waals surface area contributed by atoms with Crippen molar-refractivity contribution in [3.05, 3.63) is 33.6 Å². The summed E-state index contributed by atoms with van der Waals surface area (Å²) in [7, 11) is -2.23. The normalized spacial score (nSPS) is 11.4. The van der Waals surface area contributed by atoms with E-state index in [2.05, 4.69) is 0 Å². The molecule has 0 N–H and O–H groups in total. The molecule has 7 nitrogen and oxygen atoms in total. The van der Waals surface area contributed by atoms with E-state index in [1.807, 2.05) is 0 Å².